The minimum Gasteiger partial charge on any atom is -0.411 e. The quantitative estimate of drug-likeness (QED) is 0.452. The van der Waals surface area contributed by atoms with E-state index in [0.717, 1.165) is 16.3 Å². The van der Waals surface area contributed by atoms with Gasteiger partial charge in [-0.1, -0.05) is 18.7 Å². The largest absolute Gasteiger partial charge is 0.411 e. The summed E-state index contributed by atoms with van der Waals surface area (Å²) in [6.45, 7) is 2.17. The summed E-state index contributed by atoms with van der Waals surface area (Å²) < 4.78 is 7.62. The topological polar surface area (TPSA) is 139 Å². The smallest absolute Gasteiger partial charge is 0.332 e. The summed E-state index contributed by atoms with van der Waals surface area (Å²) >= 11 is 0.984. The van der Waals surface area contributed by atoms with Gasteiger partial charge in [-0.05, 0) is 18.6 Å². The first kappa shape index (κ1) is 19.5. The van der Waals surface area contributed by atoms with Crippen LogP contribution in [0.25, 0.3) is 11.5 Å². The fourth-order valence-corrected chi connectivity index (χ4v) is 3.19. The van der Waals surface area contributed by atoms with Crippen LogP contribution < -0.4 is 17.0 Å². The van der Waals surface area contributed by atoms with E-state index in [1.165, 1.54) is 11.6 Å². The first-order chi connectivity index (χ1) is 13.4. The Hall–Kier alpha value is -3.21. The molecule has 3 aromatic heterocycles. The van der Waals surface area contributed by atoms with Crippen LogP contribution in [-0.4, -0.2) is 35.9 Å². The van der Waals surface area contributed by atoms with E-state index in [4.69, 9.17) is 10.2 Å². The van der Waals surface area contributed by atoms with Gasteiger partial charge in [0.2, 0.25) is 5.89 Å². The van der Waals surface area contributed by atoms with Gasteiger partial charge in [0.15, 0.2) is 5.78 Å². The number of anilines is 1. The SMILES string of the molecule is CCCn1c(N)c(C(=O)CSc2nnc(-c3cccnc3)o2)c(=O)n(C)c1=O. The first-order valence-electron chi connectivity index (χ1n) is 8.43. The summed E-state index contributed by atoms with van der Waals surface area (Å²) in [6.07, 6.45) is 3.83. The summed E-state index contributed by atoms with van der Waals surface area (Å²) in [5.74, 6) is -0.510. The molecule has 0 fully saturated rings. The van der Waals surface area contributed by atoms with Gasteiger partial charge in [-0.3, -0.25) is 23.7 Å². The molecule has 0 saturated heterocycles. The van der Waals surface area contributed by atoms with E-state index in [1.807, 2.05) is 6.92 Å². The Bertz CT molecular complexity index is 1120. The lowest BCUT2D eigenvalue weighted by atomic mass is 10.2. The monoisotopic (exact) mass is 402 g/mol. The number of hydrogen-bond acceptors (Lipinski definition) is 9. The number of nitrogens with two attached hydrogens (primary N) is 1. The van der Waals surface area contributed by atoms with Crippen LogP contribution in [0.4, 0.5) is 5.82 Å². The number of thioether (sulfide) groups is 1. The van der Waals surface area contributed by atoms with Crippen molar-refractivity contribution >= 4 is 23.4 Å². The molecule has 28 heavy (non-hydrogen) atoms. The van der Waals surface area contributed by atoms with Gasteiger partial charge in [0.1, 0.15) is 11.4 Å². The van der Waals surface area contributed by atoms with E-state index in [1.54, 1.807) is 24.5 Å². The van der Waals surface area contributed by atoms with Crippen molar-refractivity contribution in [2.75, 3.05) is 11.5 Å². The molecule has 0 atom stereocenters. The van der Waals surface area contributed by atoms with E-state index in [-0.39, 0.29) is 28.2 Å². The molecule has 0 spiro atoms. The number of pyridine rings is 1. The maximum atomic E-state index is 12.6. The van der Waals surface area contributed by atoms with E-state index < -0.39 is 17.0 Å². The lowest BCUT2D eigenvalue weighted by Crippen LogP contribution is -2.42. The molecule has 0 unspecified atom stereocenters. The molecule has 2 N–H and O–H groups in total. The average molecular weight is 402 g/mol. The zero-order chi connectivity index (χ0) is 20.3. The van der Waals surface area contributed by atoms with Crippen molar-refractivity contribution < 1.29 is 9.21 Å². The van der Waals surface area contributed by atoms with Crippen LogP contribution >= 0.6 is 11.8 Å². The van der Waals surface area contributed by atoms with E-state index in [0.29, 0.717) is 18.5 Å². The minimum atomic E-state index is -0.720. The van der Waals surface area contributed by atoms with Crippen LogP contribution in [0.15, 0.2) is 43.8 Å². The molecule has 0 saturated carbocycles. The second-order valence-corrected chi connectivity index (χ2v) is 6.81. The Morgan fingerprint density at radius 1 is 1.32 bits per heavy atom. The number of nitrogens with zero attached hydrogens (tertiary/aromatic N) is 5. The lowest BCUT2D eigenvalue weighted by Gasteiger charge is -2.13. The summed E-state index contributed by atoms with van der Waals surface area (Å²) in [4.78, 5) is 41.2. The summed E-state index contributed by atoms with van der Waals surface area (Å²) in [5.41, 5.74) is 5.12. The minimum absolute atomic E-state index is 0.123. The Balaban J connectivity index is 1.82. The fraction of sp³-hybridized carbons (Fsp3) is 0.294. The third-order valence-corrected chi connectivity index (χ3v) is 4.77. The zero-order valence-electron chi connectivity index (χ0n) is 15.3. The van der Waals surface area contributed by atoms with Crippen LogP contribution in [0.3, 0.4) is 0 Å². The third kappa shape index (κ3) is 3.74. The molecule has 0 aromatic carbocycles. The highest BCUT2D eigenvalue weighted by Gasteiger charge is 2.22. The van der Waals surface area contributed by atoms with Crippen LogP contribution in [0, 0.1) is 0 Å². The van der Waals surface area contributed by atoms with Gasteiger partial charge < -0.3 is 10.2 Å². The molecule has 0 aliphatic rings. The molecule has 3 heterocycles. The van der Waals surface area contributed by atoms with Crippen molar-refractivity contribution in [2.24, 2.45) is 7.05 Å². The summed E-state index contributed by atoms with van der Waals surface area (Å²) in [7, 11) is 1.32. The molecule has 10 nitrogen and oxygen atoms in total. The van der Waals surface area contributed by atoms with Crippen LogP contribution in [0.1, 0.15) is 23.7 Å². The highest BCUT2D eigenvalue weighted by Crippen LogP contribution is 2.23. The normalized spacial score (nSPS) is 10.9. The fourth-order valence-electron chi connectivity index (χ4n) is 2.56. The number of Topliss-reactive ketones (excluding diaryl/α,β-unsaturated/α-hetero) is 1. The van der Waals surface area contributed by atoms with Gasteiger partial charge >= 0.3 is 5.69 Å². The molecule has 3 rings (SSSR count). The number of nitrogen functional groups attached to an aromatic ring is 1. The highest BCUT2D eigenvalue weighted by molar-refractivity contribution is 7.99. The second-order valence-electron chi connectivity index (χ2n) is 5.89. The molecule has 0 bridgehead atoms. The average Bonchev–Trinajstić information content (AvgIpc) is 3.18. The number of carbonyl (C=O) groups is 1. The number of aromatic nitrogens is 5. The molecular weight excluding hydrogens is 384 g/mol. The van der Waals surface area contributed by atoms with Crippen molar-refractivity contribution in [2.45, 2.75) is 25.1 Å². The van der Waals surface area contributed by atoms with Crippen molar-refractivity contribution in [3.63, 3.8) is 0 Å². The van der Waals surface area contributed by atoms with Gasteiger partial charge in [0, 0.05) is 26.0 Å². The van der Waals surface area contributed by atoms with Crippen LogP contribution in [-0.2, 0) is 13.6 Å². The molecule has 0 radical (unpaired) electrons. The number of ketones is 1. The van der Waals surface area contributed by atoms with Crippen molar-refractivity contribution in [1.82, 2.24) is 24.3 Å². The standard InChI is InChI=1S/C17H18N6O4S/c1-3-7-23-13(18)12(15(25)22(2)17(23)26)11(24)9-28-16-21-20-14(27-16)10-5-4-6-19-8-10/h4-6,8H,3,7,9,18H2,1-2H3. The summed E-state index contributed by atoms with van der Waals surface area (Å²) in [6, 6.07) is 3.50. The molecule has 0 aliphatic heterocycles. The predicted octanol–water partition coefficient (Wildman–Crippen LogP) is 0.959. The Labute approximate surface area is 163 Å². The molecule has 3 aromatic rings. The second kappa shape index (κ2) is 8.21. The Kier molecular flexibility index (Phi) is 5.73. The van der Waals surface area contributed by atoms with Crippen LogP contribution in [0.2, 0.25) is 0 Å². The van der Waals surface area contributed by atoms with Crippen molar-refractivity contribution in [3.8, 4) is 11.5 Å². The molecule has 0 amide bonds. The Morgan fingerprint density at radius 3 is 2.79 bits per heavy atom. The van der Waals surface area contributed by atoms with Gasteiger partial charge in [0.25, 0.3) is 10.8 Å². The van der Waals surface area contributed by atoms with Gasteiger partial charge in [-0.15, -0.1) is 10.2 Å². The molecule has 0 aliphatic carbocycles. The third-order valence-electron chi connectivity index (χ3n) is 3.95. The van der Waals surface area contributed by atoms with Crippen LogP contribution in [0.5, 0.6) is 0 Å². The maximum Gasteiger partial charge on any atom is 0.332 e. The maximum absolute atomic E-state index is 12.6. The first-order valence-corrected chi connectivity index (χ1v) is 9.41. The van der Waals surface area contributed by atoms with E-state index in [2.05, 4.69) is 15.2 Å². The predicted molar refractivity (Wildman–Crippen MR) is 103 cm³/mol. The molecule has 146 valence electrons. The van der Waals surface area contributed by atoms with Crippen molar-refractivity contribution in [3.05, 3.63) is 50.9 Å². The molecular formula is C17H18N6O4S. The van der Waals surface area contributed by atoms with E-state index in [9.17, 15) is 14.4 Å². The lowest BCUT2D eigenvalue weighted by molar-refractivity contribution is 0.102. The van der Waals surface area contributed by atoms with E-state index >= 15 is 0 Å². The van der Waals surface area contributed by atoms with Gasteiger partial charge in [-0.25, -0.2) is 4.79 Å². The van der Waals surface area contributed by atoms with Gasteiger partial charge in [-0.2, -0.15) is 0 Å². The zero-order valence-corrected chi connectivity index (χ0v) is 16.1. The highest BCUT2D eigenvalue weighted by atomic mass is 32.2. The van der Waals surface area contributed by atoms with Gasteiger partial charge in [0.05, 0.1) is 11.3 Å². The summed E-state index contributed by atoms with van der Waals surface area (Å²) in [5, 5.41) is 7.96. The van der Waals surface area contributed by atoms with Crippen molar-refractivity contribution in [1.29, 1.82) is 0 Å². The number of hydrogen-bond donors (Lipinski definition) is 1. The number of rotatable bonds is 7. The molecule has 11 heteroatoms. The number of carbonyl (C=O) groups excluding carboxylic acids is 1. The Morgan fingerprint density at radius 2 is 2.11 bits per heavy atom.